The minimum atomic E-state index is -4.62. The molecule has 2 aromatic heterocycles. The van der Waals surface area contributed by atoms with Crippen molar-refractivity contribution in [2.75, 3.05) is 13.1 Å². The van der Waals surface area contributed by atoms with E-state index in [2.05, 4.69) is 39.9 Å². The largest absolute Gasteiger partial charge is 0.374 e. The molecule has 10 heteroatoms. The Morgan fingerprint density at radius 2 is 1.78 bits per heavy atom. The number of thiazole rings is 1. The van der Waals surface area contributed by atoms with Crippen molar-refractivity contribution in [3.63, 3.8) is 0 Å². The van der Waals surface area contributed by atoms with Crippen molar-refractivity contribution in [1.29, 1.82) is 0 Å². The van der Waals surface area contributed by atoms with Crippen molar-refractivity contribution < 1.29 is 12.3 Å². The van der Waals surface area contributed by atoms with Crippen LogP contribution in [0.15, 0.2) is 54.0 Å². The summed E-state index contributed by atoms with van der Waals surface area (Å²) in [5, 5.41) is 3.71. The van der Waals surface area contributed by atoms with E-state index in [1.165, 1.54) is 0 Å². The third-order valence-electron chi connectivity index (χ3n) is 7.30. The van der Waals surface area contributed by atoms with E-state index >= 15 is 0 Å². The molecular weight excluding hydrogens is 519 g/mol. The number of hydrogen-bond donors (Lipinski definition) is 0. The van der Waals surface area contributed by atoms with Gasteiger partial charge in [0.1, 0.15) is 10.8 Å². The Labute approximate surface area is 219 Å². The van der Waals surface area contributed by atoms with E-state index in [9.17, 15) is 12.3 Å². The van der Waals surface area contributed by atoms with Crippen molar-refractivity contribution in [1.82, 2.24) is 18.8 Å². The van der Waals surface area contributed by atoms with E-state index in [4.69, 9.17) is 16.6 Å². The zero-order chi connectivity index (χ0) is 24.9. The first-order valence-corrected chi connectivity index (χ1v) is 14.8. The smallest absolute Gasteiger partial charge is 0.327 e. The molecule has 4 aromatic rings. The fraction of sp³-hybridized carbons (Fsp3) is 0.385. The summed E-state index contributed by atoms with van der Waals surface area (Å²) in [5.41, 5.74) is 4.33. The second kappa shape index (κ2) is 9.52. The lowest BCUT2D eigenvalue weighted by Crippen LogP contribution is -2.37. The number of halogens is 2. The molecule has 2 fully saturated rings. The molecular formula is C26H26ClFN4O2S2. The van der Waals surface area contributed by atoms with Gasteiger partial charge in [-0.15, -0.1) is 11.3 Å². The van der Waals surface area contributed by atoms with Crippen LogP contribution in [0.25, 0.3) is 11.0 Å². The lowest BCUT2D eigenvalue weighted by molar-refractivity contribution is 0.245. The zero-order valence-electron chi connectivity index (χ0n) is 19.6. The highest BCUT2D eigenvalue weighted by Crippen LogP contribution is 2.42. The van der Waals surface area contributed by atoms with Gasteiger partial charge in [0.05, 0.1) is 17.0 Å². The Hall–Kier alpha value is -2.33. The van der Waals surface area contributed by atoms with Crippen LogP contribution in [0.1, 0.15) is 59.5 Å². The molecule has 6 nitrogen and oxygen atoms in total. The third-order valence-corrected chi connectivity index (χ3v) is 9.38. The average molecular weight is 545 g/mol. The maximum atomic E-state index is 13.4. The van der Waals surface area contributed by atoms with Gasteiger partial charge in [0.15, 0.2) is 0 Å². The number of imidazole rings is 1. The van der Waals surface area contributed by atoms with Crippen LogP contribution < -0.4 is 0 Å². The summed E-state index contributed by atoms with van der Waals surface area (Å²) in [4.78, 5) is 9.65. The van der Waals surface area contributed by atoms with Crippen LogP contribution in [0.2, 0.25) is 5.02 Å². The van der Waals surface area contributed by atoms with Gasteiger partial charge < -0.3 is 4.57 Å². The maximum absolute atomic E-state index is 13.4. The first-order valence-electron chi connectivity index (χ1n) is 12.2. The summed E-state index contributed by atoms with van der Waals surface area (Å²) in [6.45, 7) is 1.21. The van der Waals surface area contributed by atoms with Crippen LogP contribution in [-0.4, -0.2) is 40.3 Å². The number of benzene rings is 2. The summed E-state index contributed by atoms with van der Waals surface area (Å²) in [6, 6.07) is 14.4. The average Bonchev–Trinajstić information content (AvgIpc) is 3.45. The third kappa shape index (κ3) is 4.81. The van der Waals surface area contributed by atoms with Crippen molar-refractivity contribution in [2.24, 2.45) is 5.92 Å². The molecule has 1 aliphatic carbocycles. The van der Waals surface area contributed by atoms with Crippen molar-refractivity contribution in [3.8, 4) is 0 Å². The molecule has 6 rings (SSSR count). The number of piperidine rings is 1. The number of nitrogens with zero attached hydrogens (tertiary/aromatic N) is 4. The normalized spacial score (nSPS) is 18.6. The zero-order valence-corrected chi connectivity index (χ0v) is 21.9. The monoisotopic (exact) mass is 544 g/mol. The molecule has 2 aliphatic rings. The Morgan fingerprint density at radius 3 is 2.42 bits per heavy atom. The van der Waals surface area contributed by atoms with Crippen molar-refractivity contribution in [3.05, 3.63) is 81.0 Å². The molecule has 1 unspecified atom stereocenters. The maximum Gasteiger partial charge on any atom is 0.374 e. The van der Waals surface area contributed by atoms with E-state index in [1.807, 2.05) is 23.7 Å². The lowest BCUT2D eigenvalue weighted by atomic mass is 9.91. The first-order chi connectivity index (χ1) is 17.4. The van der Waals surface area contributed by atoms with E-state index in [1.54, 1.807) is 11.3 Å². The van der Waals surface area contributed by atoms with Gasteiger partial charge in [0.25, 0.3) is 0 Å². The molecule has 1 saturated carbocycles. The summed E-state index contributed by atoms with van der Waals surface area (Å²) >= 11 is 7.80. The summed E-state index contributed by atoms with van der Waals surface area (Å²) < 4.78 is 39.3. The molecule has 188 valence electrons. The molecule has 2 aromatic carbocycles. The summed E-state index contributed by atoms with van der Waals surface area (Å²) in [6.07, 6.45) is 5.39. The number of aromatic nitrogens is 3. The number of hydrogen-bond acceptors (Lipinski definition) is 5. The standard InChI is InChI=1S/C26H26ClFN4O2S2/c27-21-6-3-18(4-7-21)24(26-29-11-14-35-26)20-5-8-22-23(15-20)32(25(30-22)19-1-2-19)16-17-9-12-31(13-10-17)36(28,33)34/h3-8,11,14-15,17,19,24H,1-2,9-10,12-13,16H2. The molecule has 1 aliphatic heterocycles. The van der Waals surface area contributed by atoms with E-state index < -0.39 is 10.4 Å². The molecule has 36 heavy (non-hydrogen) atoms. The van der Waals surface area contributed by atoms with Crippen LogP contribution in [0, 0.1) is 5.92 Å². The molecule has 0 bridgehead atoms. The Bertz CT molecular complexity index is 1480. The predicted octanol–water partition coefficient (Wildman–Crippen LogP) is 6.13. The predicted molar refractivity (Wildman–Crippen MR) is 141 cm³/mol. The quantitative estimate of drug-likeness (QED) is 0.262. The molecule has 0 spiro atoms. The van der Waals surface area contributed by atoms with E-state index in [0.717, 1.165) is 56.7 Å². The Kier molecular flexibility index (Phi) is 6.35. The summed E-state index contributed by atoms with van der Waals surface area (Å²) in [7, 11) is -4.62. The van der Waals surface area contributed by atoms with Gasteiger partial charge in [0.2, 0.25) is 0 Å². The van der Waals surface area contributed by atoms with Crippen LogP contribution >= 0.6 is 22.9 Å². The lowest BCUT2D eigenvalue weighted by Gasteiger charge is -2.29. The summed E-state index contributed by atoms with van der Waals surface area (Å²) in [5.74, 6) is 1.84. The van der Waals surface area contributed by atoms with Crippen LogP contribution in [0.3, 0.4) is 0 Å². The molecule has 0 N–H and O–H groups in total. The molecule has 0 radical (unpaired) electrons. The SMILES string of the molecule is O=S(=O)(F)N1CCC(Cn2c(C3CC3)nc3ccc(C(c4ccc(Cl)cc4)c4nccs4)cc32)CC1. The second-order valence-electron chi connectivity index (χ2n) is 9.74. The van der Waals surface area contributed by atoms with Crippen LogP contribution in [0.5, 0.6) is 0 Å². The molecule has 1 atom stereocenters. The molecule has 0 amide bonds. The van der Waals surface area contributed by atoms with Crippen molar-refractivity contribution >= 4 is 44.4 Å². The van der Waals surface area contributed by atoms with Crippen LogP contribution in [0.4, 0.5) is 3.89 Å². The molecule has 1 saturated heterocycles. The van der Waals surface area contributed by atoms with E-state index in [0.29, 0.717) is 23.8 Å². The minimum Gasteiger partial charge on any atom is -0.327 e. The van der Waals surface area contributed by atoms with Gasteiger partial charge in [-0.3, -0.25) is 0 Å². The minimum absolute atomic E-state index is 0.0163. The van der Waals surface area contributed by atoms with Gasteiger partial charge in [-0.05, 0) is 67.0 Å². The topological polar surface area (TPSA) is 68.1 Å². The molecule has 3 heterocycles. The number of fused-ring (bicyclic) bond motifs is 1. The van der Waals surface area contributed by atoms with Gasteiger partial charge in [-0.25, -0.2) is 9.97 Å². The second-order valence-corrected chi connectivity index (χ2v) is 12.4. The van der Waals surface area contributed by atoms with E-state index in [-0.39, 0.29) is 24.9 Å². The fourth-order valence-corrected chi connectivity index (χ4v) is 6.83. The Balaban J connectivity index is 1.37. The highest BCUT2D eigenvalue weighted by Gasteiger charge is 2.33. The van der Waals surface area contributed by atoms with Gasteiger partial charge in [0, 0.05) is 42.2 Å². The van der Waals surface area contributed by atoms with Gasteiger partial charge in [-0.2, -0.15) is 12.7 Å². The highest BCUT2D eigenvalue weighted by atomic mass is 35.5. The fourth-order valence-electron chi connectivity index (χ4n) is 5.26. The highest BCUT2D eigenvalue weighted by molar-refractivity contribution is 7.83. The Morgan fingerprint density at radius 1 is 1.06 bits per heavy atom. The van der Waals surface area contributed by atoms with Gasteiger partial charge >= 0.3 is 10.4 Å². The first kappa shape index (κ1) is 24.0. The number of rotatable bonds is 7. The van der Waals surface area contributed by atoms with Gasteiger partial charge in [-0.1, -0.05) is 33.7 Å². The van der Waals surface area contributed by atoms with Crippen LogP contribution in [-0.2, 0) is 17.0 Å². The van der Waals surface area contributed by atoms with Crippen molar-refractivity contribution in [2.45, 2.75) is 44.1 Å².